The summed E-state index contributed by atoms with van der Waals surface area (Å²) in [4.78, 5) is 0. The fraction of sp³-hybridized carbons (Fsp3) is 0.214. The summed E-state index contributed by atoms with van der Waals surface area (Å²) < 4.78 is 1.75. The lowest BCUT2D eigenvalue weighted by atomic mass is 10.1. The first-order chi connectivity index (χ1) is 9.88. The summed E-state index contributed by atoms with van der Waals surface area (Å²) in [6.45, 7) is 1.18. The quantitative estimate of drug-likeness (QED) is 0.727. The Labute approximate surface area is 121 Å². The molecule has 2 N–H and O–H groups in total. The summed E-state index contributed by atoms with van der Waals surface area (Å²) in [6.07, 6.45) is 0. The molecule has 20 heavy (non-hydrogen) atoms. The van der Waals surface area contributed by atoms with Crippen LogP contribution in [0, 0.1) is 0 Å². The van der Waals surface area contributed by atoms with Gasteiger partial charge in [-0.05, 0) is 26.8 Å². The molecule has 0 saturated heterocycles. The van der Waals surface area contributed by atoms with Gasteiger partial charge in [0.25, 0.3) is 0 Å². The van der Waals surface area contributed by atoms with Gasteiger partial charge in [-0.1, -0.05) is 54.2 Å². The maximum Gasteiger partial charge on any atom is 0.209 e. The molecule has 0 saturated carbocycles. The lowest BCUT2D eigenvalue weighted by molar-refractivity contribution is 0.557. The van der Waals surface area contributed by atoms with E-state index >= 15 is 0 Å². The van der Waals surface area contributed by atoms with E-state index in [1.165, 1.54) is 16.3 Å². The van der Waals surface area contributed by atoms with Gasteiger partial charge in [0.15, 0.2) is 0 Å². The minimum Gasteiger partial charge on any atom is -0.329 e. The summed E-state index contributed by atoms with van der Waals surface area (Å²) in [5.41, 5.74) is 6.83. The summed E-state index contributed by atoms with van der Waals surface area (Å²) >= 11 is 1.63. The molecule has 1 heterocycles. The maximum absolute atomic E-state index is 5.54. The van der Waals surface area contributed by atoms with Crippen LogP contribution in [0.15, 0.2) is 47.6 Å². The van der Waals surface area contributed by atoms with Crippen molar-refractivity contribution in [1.82, 2.24) is 20.2 Å². The van der Waals surface area contributed by atoms with Crippen molar-refractivity contribution in [2.75, 3.05) is 6.54 Å². The highest BCUT2D eigenvalue weighted by Gasteiger charge is 2.07. The van der Waals surface area contributed by atoms with Gasteiger partial charge in [-0.2, -0.15) is 0 Å². The van der Waals surface area contributed by atoms with Crippen molar-refractivity contribution in [3.8, 4) is 0 Å². The number of aromatic nitrogens is 4. The zero-order chi connectivity index (χ0) is 13.8. The second kappa shape index (κ2) is 6.02. The molecule has 0 amide bonds. The molecule has 2 aromatic carbocycles. The van der Waals surface area contributed by atoms with Crippen molar-refractivity contribution >= 4 is 22.5 Å². The van der Waals surface area contributed by atoms with E-state index in [1.54, 1.807) is 16.4 Å². The van der Waals surface area contributed by atoms with Gasteiger partial charge < -0.3 is 5.73 Å². The summed E-state index contributed by atoms with van der Waals surface area (Å²) in [5, 5.41) is 15.0. The highest BCUT2D eigenvalue weighted by atomic mass is 32.2. The van der Waals surface area contributed by atoms with Crippen molar-refractivity contribution in [2.45, 2.75) is 17.5 Å². The van der Waals surface area contributed by atoms with E-state index in [-0.39, 0.29) is 0 Å². The molecule has 0 aliphatic heterocycles. The van der Waals surface area contributed by atoms with Crippen LogP contribution in [0.2, 0.25) is 0 Å². The maximum atomic E-state index is 5.54. The van der Waals surface area contributed by atoms with Crippen LogP contribution in [-0.2, 0) is 12.3 Å². The minimum absolute atomic E-state index is 0.535. The standard InChI is InChI=1S/C14H15N5S/c15-8-9-19-14(16-17-18-19)20-10-12-6-3-5-11-4-1-2-7-13(11)12/h1-7H,8-10,15H2. The van der Waals surface area contributed by atoms with Gasteiger partial charge in [-0.15, -0.1) is 5.10 Å². The topological polar surface area (TPSA) is 69.6 Å². The lowest BCUT2D eigenvalue weighted by Gasteiger charge is -2.06. The Bertz CT molecular complexity index is 704. The summed E-state index contributed by atoms with van der Waals surface area (Å²) in [7, 11) is 0. The molecule has 0 spiro atoms. The highest BCUT2D eigenvalue weighted by Crippen LogP contribution is 2.25. The van der Waals surface area contributed by atoms with Gasteiger partial charge in [-0.3, -0.25) is 0 Å². The van der Waals surface area contributed by atoms with Crippen LogP contribution in [0.3, 0.4) is 0 Å². The van der Waals surface area contributed by atoms with Gasteiger partial charge in [-0.25, -0.2) is 4.68 Å². The van der Waals surface area contributed by atoms with Crippen molar-refractivity contribution in [3.63, 3.8) is 0 Å². The van der Waals surface area contributed by atoms with Crippen molar-refractivity contribution in [1.29, 1.82) is 0 Å². The first kappa shape index (κ1) is 13.1. The van der Waals surface area contributed by atoms with Gasteiger partial charge in [0.05, 0.1) is 6.54 Å². The van der Waals surface area contributed by atoms with Crippen LogP contribution in [0.25, 0.3) is 10.8 Å². The largest absolute Gasteiger partial charge is 0.329 e. The SMILES string of the molecule is NCCn1nnnc1SCc1cccc2ccccc12. The molecule has 0 unspecified atom stereocenters. The normalized spacial score (nSPS) is 11.1. The predicted molar refractivity (Wildman–Crippen MR) is 80.4 cm³/mol. The average molecular weight is 285 g/mol. The summed E-state index contributed by atoms with van der Waals surface area (Å²) in [6, 6.07) is 14.8. The molecule has 0 radical (unpaired) electrons. The molecule has 0 aliphatic carbocycles. The third kappa shape index (κ3) is 2.66. The number of tetrazole rings is 1. The molecule has 0 atom stereocenters. The van der Waals surface area contributed by atoms with Crippen molar-refractivity contribution in [2.24, 2.45) is 5.73 Å². The molecule has 3 rings (SSSR count). The fourth-order valence-electron chi connectivity index (χ4n) is 2.12. The Balaban J connectivity index is 1.81. The molecule has 1 aromatic heterocycles. The Kier molecular flexibility index (Phi) is 3.94. The first-order valence-corrected chi connectivity index (χ1v) is 7.43. The number of nitrogens with zero attached hydrogens (tertiary/aromatic N) is 4. The Morgan fingerprint density at radius 1 is 1.10 bits per heavy atom. The number of hydrogen-bond donors (Lipinski definition) is 1. The zero-order valence-electron chi connectivity index (χ0n) is 10.9. The average Bonchev–Trinajstić information content (AvgIpc) is 2.93. The second-order valence-corrected chi connectivity index (χ2v) is 5.34. The van der Waals surface area contributed by atoms with E-state index < -0.39 is 0 Å². The molecule has 0 fully saturated rings. The second-order valence-electron chi connectivity index (χ2n) is 4.40. The van der Waals surface area contributed by atoms with E-state index in [2.05, 4.69) is 58.0 Å². The van der Waals surface area contributed by atoms with Crippen molar-refractivity contribution < 1.29 is 0 Å². The van der Waals surface area contributed by atoms with E-state index in [9.17, 15) is 0 Å². The molecule has 3 aromatic rings. The number of nitrogens with two attached hydrogens (primary N) is 1. The third-order valence-electron chi connectivity index (χ3n) is 3.08. The number of rotatable bonds is 5. The van der Waals surface area contributed by atoms with Gasteiger partial charge in [0.1, 0.15) is 0 Å². The minimum atomic E-state index is 0.535. The highest BCUT2D eigenvalue weighted by molar-refractivity contribution is 7.98. The third-order valence-corrected chi connectivity index (χ3v) is 4.08. The zero-order valence-corrected chi connectivity index (χ0v) is 11.8. The van der Waals surface area contributed by atoms with Gasteiger partial charge >= 0.3 is 0 Å². The Hall–Kier alpha value is -1.92. The molecular formula is C14H15N5S. The Morgan fingerprint density at radius 2 is 1.95 bits per heavy atom. The van der Waals surface area contributed by atoms with Crippen LogP contribution in [0.1, 0.15) is 5.56 Å². The predicted octanol–water partition coefficient (Wildman–Crippen LogP) is 2.08. The molecule has 0 bridgehead atoms. The number of benzene rings is 2. The monoisotopic (exact) mass is 285 g/mol. The number of hydrogen-bond acceptors (Lipinski definition) is 5. The van der Waals surface area contributed by atoms with Gasteiger partial charge in [0, 0.05) is 12.3 Å². The van der Waals surface area contributed by atoms with Crippen LogP contribution in [0.4, 0.5) is 0 Å². The fourth-order valence-corrected chi connectivity index (χ4v) is 3.03. The van der Waals surface area contributed by atoms with E-state index in [0.29, 0.717) is 13.1 Å². The van der Waals surface area contributed by atoms with Crippen LogP contribution < -0.4 is 5.73 Å². The van der Waals surface area contributed by atoms with Crippen LogP contribution in [-0.4, -0.2) is 26.8 Å². The number of thioether (sulfide) groups is 1. The van der Waals surface area contributed by atoms with E-state index in [1.807, 2.05) is 0 Å². The van der Waals surface area contributed by atoms with E-state index in [4.69, 9.17) is 5.73 Å². The van der Waals surface area contributed by atoms with Gasteiger partial charge in [0.2, 0.25) is 5.16 Å². The Morgan fingerprint density at radius 3 is 2.85 bits per heavy atom. The molecule has 102 valence electrons. The van der Waals surface area contributed by atoms with Crippen LogP contribution in [0.5, 0.6) is 0 Å². The molecule has 0 aliphatic rings. The molecule has 5 nitrogen and oxygen atoms in total. The number of fused-ring (bicyclic) bond motifs is 1. The molecule has 6 heteroatoms. The summed E-state index contributed by atoms with van der Waals surface area (Å²) in [5.74, 6) is 0.840. The van der Waals surface area contributed by atoms with Crippen molar-refractivity contribution in [3.05, 3.63) is 48.0 Å². The van der Waals surface area contributed by atoms with Crippen LogP contribution >= 0.6 is 11.8 Å². The first-order valence-electron chi connectivity index (χ1n) is 6.44. The molecular weight excluding hydrogens is 270 g/mol. The lowest BCUT2D eigenvalue weighted by Crippen LogP contribution is -2.12. The smallest absolute Gasteiger partial charge is 0.209 e. The van der Waals surface area contributed by atoms with E-state index in [0.717, 1.165) is 10.9 Å².